The minimum atomic E-state index is 0.817. The molecule has 1 aromatic carbocycles. The fourth-order valence-electron chi connectivity index (χ4n) is 6.59. The quantitative estimate of drug-likeness (QED) is 0.213. The van der Waals surface area contributed by atoms with Crippen molar-refractivity contribution in [2.75, 3.05) is 0 Å². The zero-order valence-electron chi connectivity index (χ0n) is 23.0. The van der Waals surface area contributed by atoms with Crippen LogP contribution in [0.15, 0.2) is 30.3 Å². The van der Waals surface area contributed by atoms with E-state index in [9.17, 15) is 0 Å². The van der Waals surface area contributed by atoms with Gasteiger partial charge in [-0.2, -0.15) is 0 Å². The molecule has 0 bridgehead atoms. The predicted molar refractivity (Wildman–Crippen MR) is 152 cm³/mol. The zero-order valence-corrected chi connectivity index (χ0v) is 23.0. The van der Waals surface area contributed by atoms with Crippen molar-refractivity contribution in [3.05, 3.63) is 41.5 Å². The average Bonchev–Trinajstić information content (AvgIpc) is 2.89. The van der Waals surface area contributed by atoms with Crippen LogP contribution >= 0.6 is 0 Å². The number of rotatable bonds is 16. The number of allylic oxidation sites excluding steroid dienone is 2. The highest BCUT2D eigenvalue weighted by molar-refractivity contribution is 5.66. The van der Waals surface area contributed by atoms with Crippen LogP contribution in [0.25, 0.3) is 5.57 Å². The van der Waals surface area contributed by atoms with Gasteiger partial charge in [0.15, 0.2) is 0 Å². The Morgan fingerprint density at radius 2 is 1.15 bits per heavy atom. The maximum absolute atomic E-state index is 2.58. The molecule has 3 rings (SSSR count). The molecule has 1 saturated carbocycles. The van der Waals surface area contributed by atoms with Crippen LogP contribution in [0.2, 0.25) is 0 Å². The zero-order chi connectivity index (χ0) is 23.8. The normalized spacial score (nSPS) is 23.1. The summed E-state index contributed by atoms with van der Waals surface area (Å²) in [5, 5.41) is 0. The molecule has 0 spiro atoms. The second kappa shape index (κ2) is 16.6. The highest BCUT2D eigenvalue weighted by atomic mass is 14.3. The fraction of sp³-hybridized carbons (Fsp3) is 0.765. The first-order chi connectivity index (χ1) is 16.8. The van der Waals surface area contributed by atoms with Crippen LogP contribution in [-0.2, 0) is 0 Å². The van der Waals surface area contributed by atoms with Crippen LogP contribution in [-0.4, -0.2) is 0 Å². The Hall–Kier alpha value is -1.04. The lowest BCUT2D eigenvalue weighted by Gasteiger charge is -2.29. The Balaban J connectivity index is 1.32. The number of hydrogen-bond donors (Lipinski definition) is 0. The van der Waals surface area contributed by atoms with Crippen LogP contribution in [0.5, 0.6) is 0 Å². The van der Waals surface area contributed by atoms with Gasteiger partial charge in [0, 0.05) is 0 Å². The molecule has 0 amide bonds. The third kappa shape index (κ3) is 9.91. The topological polar surface area (TPSA) is 0 Å². The van der Waals surface area contributed by atoms with E-state index in [2.05, 4.69) is 44.2 Å². The molecule has 0 aliphatic heterocycles. The van der Waals surface area contributed by atoms with E-state index in [-0.39, 0.29) is 0 Å². The second-order valence-electron chi connectivity index (χ2n) is 11.8. The summed E-state index contributed by atoms with van der Waals surface area (Å²) >= 11 is 0. The molecule has 0 N–H and O–H groups in total. The number of hydrogen-bond acceptors (Lipinski definition) is 0. The standard InChI is InChI=1S/C34H56/c1-3-5-7-9-10-11-12-14-16-30-19-23-32(24-20-30)34-27-25-33(26-28-34)31-21-17-29(18-22-31)15-13-8-6-4-2/h23,25-31H,3-22,24H2,1-2H3/t29-,30?,31-. The molecule has 0 saturated heterocycles. The molecule has 0 heterocycles. The van der Waals surface area contributed by atoms with Crippen molar-refractivity contribution in [1.82, 2.24) is 0 Å². The highest BCUT2D eigenvalue weighted by Gasteiger charge is 2.22. The Labute approximate surface area is 213 Å². The van der Waals surface area contributed by atoms with Gasteiger partial charge in [-0.1, -0.05) is 134 Å². The lowest BCUT2D eigenvalue weighted by atomic mass is 9.76. The minimum absolute atomic E-state index is 0.817. The number of unbranched alkanes of at least 4 members (excludes halogenated alkanes) is 10. The summed E-state index contributed by atoms with van der Waals surface area (Å²) in [5.74, 6) is 2.77. The molecule has 2 aliphatic rings. The Kier molecular flexibility index (Phi) is 13.4. The van der Waals surface area contributed by atoms with Crippen LogP contribution < -0.4 is 0 Å². The van der Waals surface area contributed by atoms with Crippen molar-refractivity contribution in [3.63, 3.8) is 0 Å². The molecule has 0 heteroatoms. The van der Waals surface area contributed by atoms with Gasteiger partial charge < -0.3 is 0 Å². The summed E-state index contributed by atoms with van der Waals surface area (Å²) in [6.07, 6.45) is 32.6. The SMILES string of the molecule is CCCCCCCCCCC1CC=C(c2ccc([C@H]3CC[C@H](CCCCCC)CC3)cc2)CC1. The summed E-state index contributed by atoms with van der Waals surface area (Å²) in [6, 6.07) is 9.82. The Morgan fingerprint density at radius 3 is 1.74 bits per heavy atom. The van der Waals surface area contributed by atoms with Crippen LogP contribution in [0.3, 0.4) is 0 Å². The van der Waals surface area contributed by atoms with E-state index in [0.29, 0.717) is 0 Å². The van der Waals surface area contributed by atoms with E-state index in [0.717, 1.165) is 17.8 Å². The molecule has 0 radical (unpaired) electrons. The van der Waals surface area contributed by atoms with E-state index in [1.807, 2.05) is 0 Å². The summed E-state index contributed by atoms with van der Waals surface area (Å²) < 4.78 is 0. The fourth-order valence-corrected chi connectivity index (χ4v) is 6.59. The van der Waals surface area contributed by atoms with Gasteiger partial charge in [-0.05, 0) is 79.4 Å². The van der Waals surface area contributed by atoms with Crippen molar-refractivity contribution in [1.29, 1.82) is 0 Å². The monoisotopic (exact) mass is 464 g/mol. The number of benzene rings is 1. The third-order valence-corrected chi connectivity index (χ3v) is 9.05. The molecule has 1 atom stereocenters. The third-order valence-electron chi connectivity index (χ3n) is 9.05. The van der Waals surface area contributed by atoms with E-state index in [1.165, 1.54) is 140 Å². The first kappa shape index (κ1) is 27.5. The first-order valence-corrected chi connectivity index (χ1v) is 15.6. The van der Waals surface area contributed by atoms with Gasteiger partial charge in [-0.3, -0.25) is 0 Å². The molecule has 2 aliphatic carbocycles. The van der Waals surface area contributed by atoms with Crippen LogP contribution in [0.1, 0.15) is 166 Å². The van der Waals surface area contributed by atoms with Crippen molar-refractivity contribution in [2.24, 2.45) is 11.8 Å². The largest absolute Gasteiger partial charge is 0.0804 e. The molecule has 1 unspecified atom stereocenters. The predicted octanol–water partition coefficient (Wildman–Crippen LogP) is 11.6. The summed E-state index contributed by atoms with van der Waals surface area (Å²) in [6.45, 7) is 4.62. The smallest absolute Gasteiger partial charge is 0.0162 e. The van der Waals surface area contributed by atoms with Crippen molar-refractivity contribution in [3.8, 4) is 0 Å². The van der Waals surface area contributed by atoms with E-state index in [4.69, 9.17) is 0 Å². The van der Waals surface area contributed by atoms with Gasteiger partial charge in [0.05, 0.1) is 0 Å². The average molecular weight is 465 g/mol. The molecule has 1 fully saturated rings. The maximum atomic E-state index is 2.58. The van der Waals surface area contributed by atoms with Gasteiger partial charge in [0.2, 0.25) is 0 Å². The van der Waals surface area contributed by atoms with Crippen LogP contribution in [0, 0.1) is 11.8 Å². The summed E-state index contributed by atoms with van der Waals surface area (Å²) in [4.78, 5) is 0. The summed E-state index contributed by atoms with van der Waals surface area (Å²) in [5.41, 5.74) is 4.73. The van der Waals surface area contributed by atoms with Crippen molar-refractivity contribution < 1.29 is 0 Å². The van der Waals surface area contributed by atoms with Gasteiger partial charge in [-0.25, -0.2) is 0 Å². The molecular formula is C34H56. The minimum Gasteiger partial charge on any atom is -0.0804 e. The lowest BCUT2D eigenvalue weighted by Crippen LogP contribution is -2.13. The second-order valence-corrected chi connectivity index (χ2v) is 11.8. The maximum Gasteiger partial charge on any atom is -0.0162 e. The van der Waals surface area contributed by atoms with Gasteiger partial charge >= 0.3 is 0 Å². The molecule has 0 aromatic heterocycles. The Morgan fingerprint density at radius 1 is 0.588 bits per heavy atom. The van der Waals surface area contributed by atoms with Crippen LogP contribution in [0.4, 0.5) is 0 Å². The molecule has 0 nitrogen and oxygen atoms in total. The molecule has 192 valence electrons. The van der Waals surface area contributed by atoms with Gasteiger partial charge in [0.25, 0.3) is 0 Å². The molecule has 34 heavy (non-hydrogen) atoms. The van der Waals surface area contributed by atoms with Crippen molar-refractivity contribution >= 4 is 5.57 Å². The molecular weight excluding hydrogens is 408 g/mol. The van der Waals surface area contributed by atoms with Gasteiger partial charge in [0.1, 0.15) is 0 Å². The van der Waals surface area contributed by atoms with E-state index >= 15 is 0 Å². The van der Waals surface area contributed by atoms with E-state index < -0.39 is 0 Å². The van der Waals surface area contributed by atoms with Gasteiger partial charge in [-0.15, -0.1) is 0 Å². The molecule has 1 aromatic rings. The van der Waals surface area contributed by atoms with E-state index in [1.54, 1.807) is 11.1 Å². The lowest BCUT2D eigenvalue weighted by molar-refractivity contribution is 0.302. The highest BCUT2D eigenvalue weighted by Crippen LogP contribution is 2.39. The Bertz CT molecular complexity index is 658. The van der Waals surface area contributed by atoms with Crippen molar-refractivity contribution in [2.45, 2.75) is 155 Å². The first-order valence-electron chi connectivity index (χ1n) is 15.6. The summed E-state index contributed by atoms with van der Waals surface area (Å²) in [7, 11) is 0.